The molecule has 0 N–H and O–H groups in total. The van der Waals surface area contributed by atoms with Gasteiger partial charge in [-0.15, -0.1) is 0 Å². The first kappa shape index (κ1) is 27.8. The van der Waals surface area contributed by atoms with E-state index in [1.54, 1.807) is 20.5 Å². The van der Waals surface area contributed by atoms with Crippen LogP contribution in [0.25, 0.3) is 0 Å². The molecule has 0 saturated heterocycles. The molecule has 212 valence electrons. The third-order valence-electron chi connectivity index (χ3n) is 8.34. The van der Waals surface area contributed by atoms with E-state index in [1.165, 1.54) is 12.0 Å². The Kier molecular flexibility index (Phi) is 9.09. The second-order valence-electron chi connectivity index (χ2n) is 11.0. The molecule has 2 aliphatic carbocycles. The van der Waals surface area contributed by atoms with Gasteiger partial charge in [0.2, 0.25) is 11.8 Å². The molecule has 2 aliphatic rings. The minimum atomic E-state index is -0.0484. The highest BCUT2D eigenvalue weighted by Gasteiger charge is 2.47. The first-order chi connectivity index (χ1) is 19.6. The fraction of sp³-hybridized carbons (Fsp3) is 0.455. The van der Waals surface area contributed by atoms with Gasteiger partial charge in [-0.3, -0.25) is 9.59 Å². The maximum atomic E-state index is 13.9. The Labute approximate surface area is 237 Å². The fourth-order valence-corrected chi connectivity index (χ4v) is 5.96. The highest BCUT2D eigenvalue weighted by atomic mass is 16.5. The Morgan fingerprint density at radius 2 is 1.70 bits per heavy atom. The first-order valence-electron chi connectivity index (χ1n) is 14.4. The summed E-state index contributed by atoms with van der Waals surface area (Å²) in [7, 11) is 3.23. The summed E-state index contributed by atoms with van der Waals surface area (Å²) in [5.74, 6) is 2.35. The van der Waals surface area contributed by atoms with E-state index in [-0.39, 0.29) is 36.2 Å². The molecule has 2 fully saturated rings. The van der Waals surface area contributed by atoms with Crippen molar-refractivity contribution < 1.29 is 23.5 Å². The number of hydrogen-bond acceptors (Lipinski definition) is 5. The van der Waals surface area contributed by atoms with Gasteiger partial charge in [0.1, 0.15) is 12.3 Å². The lowest BCUT2D eigenvalue weighted by molar-refractivity contribution is -0.144. The number of rotatable bonds is 12. The number of ether oxygens (including phenoxy) is 2. The van der Waals surface area contributed by atoms with Crippen LogP contribution in [0.4, 0.5) is 0 Å². The van der Waals surface area contributed by atoms with E-state index in [4.69, 9.17) is 13.9 Å². The summed E-state index contributed by atoms with van der Waals surface area (Å²) in [5.41, 5.74) is 2.25. The lowest BCUT2D eigenvalue weighted by Crippen LogP contribution is -2.49. The van der Waals surface area contributed by atoms with E-state index in [2.05, 4.69) is 12.1 Å². The van der Waals surface area contributed by atoms with Gasteiger partial charge in [-0.2, -0.15) is 0 Å². The third kappa shape index (κ3) is 6.69. The Balaban J connectivity index is 1.31. The number of hydrogen-bond donors (Lipinski definition) is 0. The second-order valence-corrected chi connectivity index (χ2v) is 11.0. The molecule has 40 heavy (non-hydrogen) atoms. The Morgan fingerprint density at radius 1 is 0.925 bits per heavy atom. The maximum absolute atomic E-state index is 13.9. The van der Waals surface area contributed by atoms with Crippen LogP contribution in [-0.4, -0.2) is 55.0 Å². The topological polar surface area (TPSA) is 72.2 Å². The van der Waals surface area contributed by atoms with Crippen LogP contribution in [0.2, 0.25) is 0 Å². The number of nitrogens with zero attached hydrogens (tertiary/aromatic N) is 2. The second kappa shape index (κ2) is 13.1. The van der Waals surface area contributed by atoms with Crippen LogP contribution in [0.15, 0.2) is 71.3 Å². The summed E-state index contributed by atoms with van der Waals surface area (Å²) in [6.07, 6.45) is 8.45. The molecule has 1 aromatic heterocycles. The normalized spacial score (nSPS) is 18.6. The predicted octanol–water partition coefficient (Wildman–Crippen LogP) is 5.83. The summed E-state index contributed by atoms with van der Waals surface area (Å²) in [4.78, 5) is 31.5. The molecule has 0 radical (unpaired) electrons. The van der Waals surface area contributed by atoms with Crippen LogP contribution in [-0.2, 0) is 22.6 Å². The zero-order chi connectivity index (χ0) is 27.9. The smallest absolute Gasteiger partial charge is 0.242 e. The average molecular weight is 545 g/mol. The zero-order valence-electron chi connectivity index (χ0n) is 23.6. The van der Waals surface area contributed by atoms with Crippen molar-refractivity contribution >= 4 is 11.8 Å². The van der Waals surface area contributed by atoms with Crippen molar-refractivity contribution in [3.05, 3.63) is 83.8 Å². The van der Waals surface area contributed by atoms with Gasteiger partial charge in [0, 0.05) is 18.5 Å². The Morgan fingerprint density at radius 3 is 2.40 bits per heavy atom. The zero-order valence-corrected chi connectivity index (χ0v) is 23.6. The van der Waals surface area contributed by atoms with Crippen molar-refractivity contribution in [1.29, 1.82) is 0 Å². The number of carbonyl (C=O) groups excluding carboxylic acids is 2. The average Bonchev–Trinajstić information content (AvgIpc) is 3.65. The SMILES string of the molecule is COc1ccc(CCN(Cc2ccco2)C(=O)CN(C(=O)C2CC2c2ccccc2)C2CCCCC2)cc1OC. The van der Waals surface area contributed by atoms with E-state index in [9.17, 15) is 9.59 Å². The molecule has 0 bridgehead atoms. The third-order valence-corrected chi connectivity index (χ3v) is 8.34. The summed E-state index contributed by atoms with van der Waals surface area (Å²) in [5, 5.41) is 0. The van der Waals surface area contributed by atoms with Crippen molar-refractivity contribution in [3.63, 3.8) is 0 Å². The van der Waals surface area contributed by atoms with Gasteiger partial charge in [-0.1, -0.05) is 55.7 Å². The molecule has 5 rings (SSSR count). The van der Waals surface area contributed by atoms with Gasteiger partial charge < -0.3 is 23.7 Å². The van der Waals surface area contributed by atoms with Crippen molar-refractivity contribution in [2.24, 2.45) is 5.92 Å². The van der Waals surface area contributed by atoms with Gasteiger partial charge in [-0.25, -0.2) is 0 Å². The lowest BCUT2D eigenvalue weighted by Gasteiger charge is -2.35. The molecule has 7 heteroatoms. The molecule has 1 heterocycles. The first-order valence-corrected chi connectivity index (χ1v) is 14.4. The van der Waals surface area contributed by atoms with Gasteiger partial charge >= 0.3 is 0 Å². The van der Waals surface area contributed by atoms with Crippen molar-refractivity contribution in [2.45, 2.75) is 63.5 Å². The number of benzene rings is 2. The van der Waals surface area contributed by atoms with E-state index >= 15 is 0 Å². The van der Waals surface area contributed by atoms with E-state index < -0.39 is 0 Å². The summed E-state index contributed by atoms with van der Waals surface area (Å²) >= 11 is 0. The molecular weight excluding hydrogens is 504 g/mol. The molecule has 0 aliphatic heterocycles. The maximum Gasteiger partial charge on any atom is 0.242 e. The van der Waals surface area contributed by atoms with Crippen LogP contribution in [0.5, 0.6) is 11.5 Å². The fourth-order valence-electron chi connectivity index (χ4n) is 5.96. The highest BCUT2D eigenvalue weighted by molar-refractivity contribution is 5.88. The standard InChI is InChI=1S/C33H40N2O5/c1-38-30-16-15-24(20-31(30)39-2)17-18-34(22-27-14-9-19-40-27)32(36)23-35(26-12-7-4-8-13-26)33(37)29-21-28(29)25-10-5-3-6-11-25/h3,5-6,9-11,14-16,19-20,26,28-29H,4,7-8,12-13,17-18,21-23H2,1-2H3. The van der Waals surface area contributed by atoms with Crippen LogP contribution in [0.3, 0.4) is 0 Å². The van der Waals surface area contributed by atoms with Crippen molar-refractivity contribution in [1.82, 2.24) is 9.80 Å². The van der Waals surface area contributed by atoms with E-state index in [1.807, 2.05) is 58.3 Å². The lowest BCUT2D eigenvalue weighted by atomic mass is 9.93. The highest BCUT2D eigenvalue weighted by Crippen LogP contribution is 2.49. The number of furan rings is 1. The Hall–Kier alpha value is -3.74. The van der Waals surface area contributed by atoms with Gasteiger partial charge in [0.25, 0.3) is 0 Å². The monoisotopic (exact) mass is 544 g/mol. The molecule has 2 aromatic carbocycles. The predicted molar refractivity (Wildman–Crippen MR) is 153 cm³/mol. The van der Waals surface area contributed by atoms with Crippen LogP contribution in [0.1, 0.15) is 61.3 Å². The molecule has 0 spiro atoms. The van der Waals surface area contributed by atoms with Crippen molar-refractivity contribution in [2.75, 3.05) is 27.3 Å². The molecule has 2 atom stereocenters. The quantitative estimate of drug-likeness (QED) is 0.287. The summed E-state index contributed by atoms with van der Waals surface area (Å²) in [6.45, 7) is 0.966. The number of carbonyl (C=O) groups is 2. The van der Waals surface area contributed by atoms with Crippen molar-refractivity contribution in [3.8, 4) is 11.5 Å². The van der Waals surface area contributed by atoms with Crippen LogP contribution in [0, 0.1) is 5.92 Å². The minimum Gasteiger partial charge on any atom is -0.493 e. The van der Waals surface area contributed by atoms with Gasteiger partial charge in [0.15, 0.2) is 11.5 Å². The molecular formula is C33H40N2O5. The van der Waals surface area contributed by atoms with E-state index in [0.29, 0.717) is 31.0 Å². The molecule has 2 saturated carbocycles. The van der Waals surface area contributed by atoms with Gasteiger partial charge in [0.05, 0.1) is 27.0 Å². The largest absolute Gasteiger partial charge is 0.493 e. The molecule has 2 amide bonds. The number of amides is 2. The van der Waals surface area contributed by atoms with Gasteiger partial charge in [-0.05, 0) is 67.0 Å². The Bertz CT molecular complexity index is 1250. The minimum absolute atomic E-state index is 0.0394. The molecule has 3 aromatic rings. The van der Waals surface area contributed by atoms with E-state index in [0.717, 1.165) is 43.4 Å². The summed E-state index contributed by atoms with van der Waals surface area (Å²) in [6, 6.07) is 19.9. The van der Waals surface area contributed by atoms with Crippen LogP contribution < -0.4 is 9.47 Å². The molecule has 7 nitrogen and oxygen atoms in total. The number of methoxy groups -OCH3 is 2. The van der Waals surface area contributed by atoms with Crippen LogP contribution >= 0.6 is 0 Å². The summed E-state index contributed by atoms with van der Waals surface area (Å²) < 4.78 is 16.4. The molecule has 2 unspecified atom stereocenters.